The van der Waals surface area contributed by atoms with Crippen LogP contribution in [0.3, 0.4) is 0 Å². The number of anilines is 1. The number of hydrogen-bond donors (Lipinski definition) is 2. The molecule has 0 atom stereocenters. The van der Waals surface area contributed by atoms with Crippen molar-refractivity contribution in [1.82, 2.24) is 0 Å². The average Bonchev–Trinajstić information content (AvgIpc) is 2.28. The average molecular weight is 296 g/mol. The molecule has 11 heteroatoms. The number of nitrogens with zero attached hydrogens (tertiary/aromatic N) is 1. The third-order valence-electron chi connectivity index (χ3n) is 1.93. The van der Waals surface area contributed by atoms with Crippen LogP contribution in [-0.4, -0.2) is 30.2 Å². The van der Waals surface area contributed by atoms with Crippen molar-refractivity contribution in [3.63, 3.8) is 0 Å². The number of aromatic carboxylic acids is 1. The summed E-state index contributed by atoms with van der Waals surface area (Å²) in [5.41, 5.74) is -2.10. The molecule has 0 fully saturated rings. The number of benzene rings is 1. The number of carboxylic acid groups (broad SMARTS) is 1. The zero-order valence-electron chi connectivity index (χ0n) is 8.91. The van der Waals surface area contributed by atoms with Gasteiger partial charge in [-0.1, -0.05) is 0 Å². The minimum atomic E-state index is -5.06. The molecular formula is C8H6F2N2O6S. The minimum absolute atomic E-state index is 0.561. The van der Waals surface area contributed by atoms with E-state index in [1.54, 1.807) is 0 Å². The Hall–Kier alpha value is -2.30. The number of nitro benzene ring substituents is 1. The van der Waals surface area contributed by atoms with Gasteiger partial charge in [0.25, 0.3) is 15.7 Å². The first-order valence-corrected chi connectivity index (χ1v) is 6.01. The summed E-state index contributed by atoms with van der Waals surface area (Å²) in [5, 5.41) is 19.2. The third-order valence-corrected chi connectivity index (χ3v) is 2.90. The van der Waals surface area contributed by atoms with Crippen LogP contribution in [0, 0.1) is 10.1 Å². The van der Waals surface area contributed by atoms with E-state index >= 15 is 0 Å². The largest absolute Gasteiger partial charge is 0.478 e. The number of carbonyl (C=O) groups is 1. The van der Waals surface area contributed by atoms with Gasteiger partial charge in [-0.2, -0.15) is 8.78 Å². The minimum Gasteiger partial charge on any atom is -0.478 e. The van der Waals surface area contributed by atoms with Crippen LogP contribution < -0.4 is 4.72 Å². The summed E-state index contributed by atoms with van der Waals surface area (Å²) in [7, 11) is -5.06. The van der Waals surface area contributed by atoms with E-state index in [0.717, 1.165) is 12.1 Å². The highest BCUT2D eigenvalue weighted by Gasteiger charge is 2.26. The van der Waals surface area contributed by atoms with Crippen LogP contribution in [-0.2, 0) is 10.0 Å². The molecule has 8 nitrogen and oxygen atoms in total. The first-order chi connectivity index (χ1) is 8.65. The van der Waals surface area contributed by atoms with Crippen molar-refractivity contribution in [1.29, 1.82) is 0 Å². The maximum atomic E-state index is 12.1. The van der Waals surface area contributed by atoms with Gasteiger partial charge in [0.2, 0.25) is 0 Å². The quantitative estimate of drug-likeness (QED) is 0.622. The third kappa shape index (κ3) is 3.34. The predicted octanol–water partition coefficient (Wildman–Crippen LogP) is 1.26. The Morgan fingerprint density at radius 3 is 2.42 bits per heavy atom. The summed E-state index contributed by atoms with van der Waals surface area (Å²) in [6.45, 7) is 0. The number of alkyl halides is 2. The van der Waals surface area contributed by atoms with Crippen LogP contribution in [0.1, 0.15) is 10.4 Å². The van der Waals surface area contributed by atoms with Crippen molar-refractivity contribution in [2.24, 2.45) is 0 Å². The lowest BCUT2D eigenvalue weighted by Gasteiger charge is -2.09. The predicted molar refractivity (Wildman–Crippen MR) is 58.6 cm³/mol. The molecule has 104 valence electrons. The second-order valence-corrected chi connectivity index (χ2v) is 4.85. The van der Waals surface area contributed by atoms with Gasteiger partial charge < -0.3 is 5.11 Å². The van der Waals surface area contributed by atoms with E-state index in [9.17, 15) is 32.1 Å². The van der Waals surface area contributed by atoms with Crippen molar-refractivity contribution in [2.45, 2.75) is 5.76 Å². The van der Waals surface area contributed by atoms with Crippen molar-refractivity contribution in [2.75, 3.05) is 4.72 Å². The van der Waals surface area contributed by atoms with Gasteiger partial charge in [-0.25, -0.2) is 13.2 Å². The van der Waals surface area contributed by atoms with Crippen LogP contribution in [0.4, 0.5) is 20.2 Å². The van der Waals surface area contributed by atoms with E-state index in [0.29, 0.717) is 6.07 Å². The smallest absolute Gasteiger partial charge is 0.355 e. The molecule has 0 unspecified atom stereocenters. The highest BCUT2D eigenvalue weighted by molar-refractivity contribution is 7.93. The number of hydrogen-bond acceptors (Lipinski definition) is 5. The van der Waals surface area contributed by atoms with Crippen LogP contribution in [0.15, 0.2) is 18.2 Å². The molecule has 0 aliphatic rings. The fourth-order valence-corrected chi connectivity index (χ4v) is 1.68. The first kappa shape index (κ1) is 14.8. The molecule has 0 aliphatic carbocycles. The molecule has 1 aromatic rings. The Morgan fingerprint density at radius 2 is 2.00 bits per heavy atom. The second kappa shape index (κ2) is 5.14. The molecule has 0 spiro atoms. The molecule has 0 heterocycles. The van der Waals surface area contributed by atoms with Gasteiger partial charge in [-0.05, 0) is 6.07 Å². The highest BCUT2D eigenvalue weighted by atomic mass is 32.2. The van der Waals surface area contributed by atoms with Crippen LogP contribution >= 0.6 is 0 Å². The van der Waals surface area contributed by atoms with Gasteiger partial charge in [-0.3, -0.25) is 14.8 Å². The Kier molecular flexibility index (Phi) is 3.99. The molecule has 2 N–H and O–H groups in total. The van der Waals surface area contributed by atoms with Crippen molar-refractivity contribution in [3.8, 4) is 0 Å². The standard InChI is InChI=1S/C8H6F2N2O6S/c9-8(10)19(17,18)11-6-2-1-4(12(15)16)3-5(6)7(13)14/h1-3,8,11H,(H,13,14). The van der Waals surface area contributed by atoms with Gasteiger partial charge >= 0.3 is 11.7 Å². The molecule has 0 bridgehead atoms. The number of halogens is 2. The molecule has 19 heavy (non-hydrogen) atoms. The molecule has 0 radical (unpaired) electrons. The molecule has 0 aliphatic heterocycles. The van der Waals surface area contributed by atoms with Crippen molar-refractivity contribution < 1.29 is 32.0 Å². The number of nitro groups is 1. The van der Waals surface area contributed by atoms with E-state index in [4.69, 9.17) is 5.11 Å². The maximum Gasteiger partial charge on any atom is 0.355 e. The molecule has 0 aromatic heterocycles. The maximum absolute atomic E-state index is 12.1. The van der Waals surface area contributed by atoms with Crippen molar-refractivity contribution in [3.05, 3.63) is 33.9 Å². The van der Waals surface area contributed by atoms with E-state index in [1.165, 1.54) is 4.72 Å². The Labute approximate surface area is 104 Å². The molecular weight excluding hydrogens is 290 g/mol. The lowest BCUT2D eigenvalue weighted by atomic mass is 10.1. The topological polar surface area (TPSA) is 127 Å². The Bertz CT molecular complexity index is 630. The SMILES string of the molecule is O=C(O)c1cc([N+](=O)[O-])ccc1NS(=O)(=O)C(F)F. The van der Waals surface area contributed by atoms with Gasteiger partial charge in [0.15, 0.2) is 0 Å². The van der Waals surface area contributed by atoms with E-state index in [2.05, 4.69) is 0 Å². The lowest BCUT2D eigenvalue weighted by molar-refractivity contribution is -0.384. The zero-order chi connectivity index (χ0) is 14.8. The number of sulfonamides is 1. The van der Waals surface area contributed by atoms with Crippen molar-refractivity contribution >= 4 is 27.4 Å². The van der Waals surface area contributed by atoms with E-state index in [-0.39, 0.29) is 0 Å². The molecule has 0 saturated carbocycles. The van der Waals surface area contributed by atoms with Crippen LogP contribution in [0.5, 0.6) is 0 Å². The van der Waals surface area contributed by atoms with Gasteiger partial charge in [-0.15, -0.1) is 0 Å². The monoisotopic (exact) mass is 296 g/mol. The number of nitrogens with one attached hydrogen (secondary N) is 1. The molecule has 0 amide bonds. The first-order valence-electron chi connectivity index (χ1n) is 4.46. The lowest BCUT2D eigenvalue weighted by Crippen LogP contribution is -2.22. The van der Waals surface area contributed by atoms with Gasteiger partial charge in [0.1, 0.15) is 0 Å². The van der Waals surface area contributed by atoms with E-state index < -0.39 is 43.6 Å². The van der Waals surface area contributed by atoms with Crippen LogP contribution in [0.2, 0.25) is 0 Å². The summed E-state index contributed by atoms with van der Waals surface area (Å²) < 4.78 is 47.4. The summed E-state index contributed by atoms with van der Waals surface area (Å²) in [5.74, 6) is -5.46. The number of non-ortho nitro benzene ring substituents is 1. The van der Waals surface area contributed by atoms with Crippen LogP contribution in [0.25, 0.3) is 0 Å². The summed E-state index contributed by atoms with van der Waals surface area (Å²) in [6, 6.07) is 2.07. The summed E-state index contributed by atoms with van der Waals surface area (Å²) in [4.78, 5) is 20.3. The number of rotatable bonds is 5. The molecule has 0 saturated heterocycles. The normalized spacial score (nSPS) is 11.3. The number of carboxylic acids is 1. The summed E-state index contributed by atoms with van der Waals surface area (Å²) in [6.07, 6.45) is 0. The van der Waals surface area contributed by atoms with E-state index in [1.807, 2.05) is 0 Å². The fraction of sp³-hybridized carbons (Fsp3) is 0.125. The summed E-state index contributed by atoms with van der Waals surface area (Å²) >= 11 is 0. The Morgan fingerprint density at radius 1 is 1.42 bits per heavy atom. The Balaban J connectivity index is 3.29. The fourth-order valence-electron chi connectivity index (χ4n) is 1.11. The molecule has 1 rings (SSSR count). The molecule has 1 aromatic carbocycles. The van der Waals surface area contributed by atoms with Gasteiger partial charge in [0, 0.05) is 12.1 Å². The highest BCUT2D eigenvalue weighted by Crippen LogP contribution is 2.24. The van der Waals surface area contributed by atoms with Gasteiger partial charge in [0.05, 0.1) is 16.2 Å². The zero-order valence-corrected chi connectivity index (χ0v) is 9.73. The second-order valence-electron chi connectivity index (χ2n) is 3.20.